The Morgan fingerprint density at radius 3 is 1.74 bits per heavy atom. The standard InChI is InChI=1S/C21H24N2O2.C10H7NO3/c24-19-17-2-1-3-18(16(17)4-5-22-19)20(25)23-12-21-9-13-6-14(10-21)8-15(7-13)11-21;12-9-7-2-1-3-8(10(13)14)6(7)4-5-11-9/h1-5,13-15H,6-12H2,(H,22,24)(H,23,25);1-5H,(H,11,12)(H,13,14). The van der Waals surface area contributed by atoms with Gasteiger partial charge in [-0.25, -0.2) is 4.79 Å². The number of pyridine rings is 2. The molecule has 8 nitrogen and oxygen atoms in total. The molecule has 8 heteroatoms. The molecule has 4 aromatic rings. The van der Waals surface area contributed by atoms with E-state index in [4.69, 9.17) is 5.11 Å². The zero-order valence-electron chi connectivity index (χ0n) is 21.5. The smallest absolute Gasteiger partial charge is 0.336 e. The van der Waals surface area contributed by atoms with Gasteiger partial charge >= 0.3 is 5.97 Å². The molecule has 4 N–H and O–H groups in total. The summed E-state index contributed by atoms with van der Waals surface area (Å²) in [6.07, 6.45) is 11.2. The van der Waals surface area contributed by atoms with Gasteiger partial charge in [-0.05, 0) is 98.1 Å². The van der Waals surface area contributed by atoms with Crippen molar-refractivity contribution in [2.45, 2.75) is 38.5 Å². The second-order valence-corrected chi connectivity index (χ2v) is 11.6. The van der Waals surface area contributed by atoms with Crippen LogP contribution in [0.1, 0.15) is 59.2 Å². The first-order valence-electron chi connectivity index (χ1n) is 13.5. The highest BCUT2D eigenvalue weighted by molar-refractivity contribution is 6.06. The number of fused-ring (bicyclic) bond motifs is 2. The van der Waals surface area contributed by atoms with Crippen LogP contribution in [0.3, 0.4) is 0 Å². The first-order valence-corrected chi connectivity index (χ1v) is 13.5. The predicted molar refractivity (Wildman–Crippen MR) is 149 cm³/mol. The van der Waals surface area contributed by atoms with Crippen molar-refractivity contribution in [2.24, 2.45) is 23.2 Å². The Bertz CT molecular complexity index is 1670. The van der Waals surface area contributed by atoms with Gasteiger partial charge in [0.25, 0.3) is 17.0 Å². The van der Waals surface area contributed by atoms with Gasteiger partial charge in [-0.3, -0.25) is 14.4 Å². The minimum atomic E-state index is -1.03. The first kappa shape index (κ1) is 25.1. The third-order valence-corrected chi connectivity index (χ3v) is 8.89. The summed E-state index contributed by atoms with van der Waals surface area (Å²) in [5.74, 6) is 1.59. The van der Waals surface area contributed by atoms with Crippen LogP contribution in [0.5, 0.6) is 0 Å². The fraction of sp³-hybridized carbons (Fsp3) is 0.355. The van der Waals surface area contributed by atoms with Crippen LogP contribution in [0.25, 0.3) is 21.5 Å². The maximum atomic E-state index is 12.8. The summed E-state index contributed by atoms with van der Waals surface area (Å²) in [5.41, 5.74) is 0.660. The lowest BCUT2D eigenvalue weighted by atomic mass is 9.49. The van der Waals surface area contributed by atoms with Crippen LogP contribution in [0.4, 0.5) is 0 Å². The highest BCUT2D eigenvalue weighted by Crippen LogP contribution is 2.59. The Balaban J connectivity index is 0.000000168. The minimum absolute atomic E-state index is 0.0491. The van der Waals surface area contributed by atoms with Crippen LogP contribution in [-0.2, 0) is 0 Å². The molecule has 0 spiro atoms. The number of carboxylic acids is 1. The first-order chi connectivity index (χ1) is 18.8. The van der Waals surface area contributed by atoms with Gasteiger partial charge in [0.05, 0.1) is 5.56 Å². The van der Waals surface area contributed by atoms with E-state index in [2.05, 4.69) is 15.3 Å². The van der Waals surface area contributed by atoms with Crippen LogP contribution >= 0.6 is 0 Å². The lowest BCUT2D eigenvalue weighted by Crippen LogP contribution is -2.51. The fourth-order valence-corrected chi connectivity index (χ4v) is 7.70. The molecule has 2 aromatic heterocycles. The summed E-state index contributed by atoms with van der Waals surface area (Å²) < 4.78 is 0. The van der Waals surface area contributed by atoms with Gasteiger partial charge in [0, 0.05) is 46.0 Å². The van der Waals surface area contributed by atoms with Crippen molar-refractivity contribution in [1.29, 1.82) is 0 Å². The molecule has 4 fully saturated rings. The van der Waals surface area contributed by atoms with Crippen LogP contribution in [-0.4, -0.2) is 33.5 Å². The van der Waals surface area contributed by atoms with Crippen LogP contribution in [0, 0.1) is 23.2 Å². The number of hydrogen-bond donors (Lipinski definition) is 4. The maximum absolute atomic E-state index is 12.8. The second kappa shape index (κ2) is 9.84. The highest BCUT2D eigenvalue weighted by Gasteiger charge is 2.50. The second-order valence-electron chi connectivity index (χ2n) is 11.6. The van der Waals surface area contributed by atoms with Crippen LogP contribution < -0.4 is 16.4 Å². The van der Waals surface area contributed by atoms with E-state index in [0.29, 0.717) is 27.1 Å². The Morgan fingerprint density at radius 1 is 0.744 bits per heavy atom. The van der Waals surface area contributed by atoms with Gasteiger partial charge in [0.1, 0.15) is 0 Å². The van der Waals surface area contributed by atoms with E-state index in [0.717, 1.165) is 29.7 Å². The summed E-state index contributed by atoms with van der Waals surface area (Å²) in [5, 5.41) is 14.2. The van der Waals surface area contributed by atoms with E-state index < -0.39 is 5.97 Å². The largest absolute Gasteiger partial charge is 0.478 e. The number of carbonyl (C=O) groups is 2. The number of aromatic carboxylic acids is 1. The number of benzene rings is 2. The molecule has 2 aromatic carbocycles. The van der Waals surface area contributed by atoms with E-state index >= 15 is 0 Å². The van der Waals surface area contributed by atoms with Gasteiger partial charge in [-0.15, -0.1) is 0 Å². The zero-order valence-corrected chi connectivity index (χ0v) is 21.5. The average Bonchev–Trinajstić information content (AvgIpc) is 2.91. The van der Waals surface area contributed by atoms with Gasteiger partial charge in [-0.2, -0.15) is 0 Å². The van der Waals surface area contributed by atoms with Crippen molar-refractivity contribution in [2.75, 3.05) is 6.54 Å². The van der Waals surface area contributed by atoms with Crippen LogP contribution in [0.15, 0.2) is 70.5 Å². The van der Waals surface area contributed by atoms with E-state index in [1.54, 1.807) is 36.5 Å². The third kappa shape index (κ3) is 4.75. The minimum Gasteiger partial charge on any atom is -0.478 e. The summed E-state index contributed by atoms with van der Waals surface area (Å²) in [6, 6.07) is 13.4. The van der Waals surface area contributed by atoms with Crippen molar-refractivity contribution >= 4 is 33.4 Å². The lowest BCUT2D eigenvalue weighted by molar-refractivity contribution is -0.0503. The molecule has 0 unspecified atom stereocenters. The number of rotatable bonds is 4. The van der Waals surface area contributed by atoms with E-state index in [1.807, 2.05) is 12.1 Å². The van der Waals surface area contributed by atoms with Crippen molar-refractivity contribution in [3.05, 3.63) is 92.8 Å². The van der Waals surface area contributed by atoms with Gasteiger partial charge in [0.15, 0.2) is 0 Å². The lowest BCUT2D eigenvalue weighted by Gasteiger charge is -2.56. The van der Waals surface area contributed by atoms with E-state index in [1.165, 1.54) is 50.8 Å². The monoisotopic (exact) mass is 525 g/mol. The molecule has 8 rings (SSSR count). The molecule has 0 atom stereocenters. The number of carbonyl (C=O) groups excluding carboxylic acids is 1. The normalized spacial score (nSPS) is 24.8. The van der Waals surface area contributed by atoms with E-state index in [9.17, 15) is 19.2 Å². The van der Waals surface area contributed by atoms with Crippen molar-refractivity contribution in [3.8, 4) is 0 Å². The number of aromatic amines is 2. The summed E-state index contributed by atoms with van der Waals surface area (Å²) in [7, 11) is 0. The van der Waals surface area contributed by atoms with Gasteiger partial charge in [-0.1, -0.05) is 12.1 Å². The molecule has 0 saturated heterocycles. The molecule has 39 heavy (non-hydrogen) atoms. The molecule has 0 radical (unpaired) electrons. The molecular formula is C31H31N3O5. The molecule has 4 bridgehead atoms. The Morgan fingerprint density at radius 2 is 1.23 bits per heavy atom. The summed E-state index contributed by atoms with van der Waals surface area (Å²) >= 11 is 0. The molecule has 0 aliphatic heterocycles. The van der Waals surface area contributed by atoms with Crippen molar-refractivity contribution in [1.82, 2.24) is 15.3 Å². The van der Waals surface area contributed by atoms with Gasteiger partial charge in [0.2, 0.25) is 0 Å². The van der Waals surface area contributed by atoms with E-state index in [-0.39, 0.29) is 22.6 Å². The molecule has 1 amide bonds. The molecule has 200 valence electrons. The summed E-state index contributed by atoms with van der Waals surface area (Å²) in [6.45, 7) is 0.787. The SMILES string of the molecule is O=C(NCC12CC3CC(CC(C3)C1)C2)c1cccc2c(=O)[nH]ccc12.O=C(O)c1cccc2c(=O)[nH]ccc12. The molecule has 4 aliphatic carbocycles. The zero-order chi connectivity index (χ0) is 27.1. The van der Waals surface area contributed by atoms with Gasteiger partial charge < -0.3 is 20.4 Å². The summed E-state index contributed by atoms with van der Waals surface area (Å²) in [4.78, 5) is 52.1. The van der Waals surface area contributed by atoms with Crippen molar-refractivity contribution < 1.29 is 14.7 Å². The Kier molecular flexibility index (Phi) is 6.33. The topological polar surface area (TPSA) is 132 Å². The number of nitrogens with one attached hydrogen (secondary N) is 3. The molecular weight excluding hydrogens is 494 g/mol. The fourth-order valence-electron chi connectivity index (χ4n) is 7.70. The molecule has 4 saturated carbocycles. The van der Waals surface area contributed by atoms with Crippen LogP contribution in [0.2, 0.25) is 0 Å². The number of aromatic nitrogens is 2. The maximum Gasteiger partial charge on any atom is 0.336 e. The number of H-pyrrole nitrogens is 2. The van der Waals surface area contributed by atoms with Crippen molar-refractivity contribution in [3.63, 3.8) is 0 Å². The molecule has 4 aliphatic rings. The number of hydrogen-bond acceptors (Lipinski definition) is 4. The molecule has 2 heterocycles. The third-order valence-electron chi connectivity index (χ3n) is 8.89. The quantitative estimate of drug-likeness (QED) is 0.307. The average molecular weight is 526 g/mol. The predicted octanol–water partition coefficient (Wildman–Crippen LogP) is 4.70. The number of amides is 1. The highest BCUT2D eigenvalue weighted by atomic mass is 16.4. The Hall–Kier alpha value is -4.20. The Labute approximate surface area is 224 Å². The number of carboxylic acid groups (broad SMARTS) is 1.